The van der Waals surface area contributed by atoms with Crippen molar-refractivity contribution in [3.63, 3.8) is 0 Å². The molecule has 0 fully saturated rings. The number of amides is 1. The van der Waals surface area contributed by atoms with Crippen LogP contribution >= 0.6 is 0 Å². The molecule has 3 aromatic rings. The van der Waals surface area contributed by atoms with Crippen molar-refractivity contribution >= 4 is 5.91 Å². The third-order valence-corrected chi connectivity index (χ3v) is 4.43. The molecule has 8 heteroatoms. The Labute approximate surface area is 168 Å². The molecule has 1 amide bonds. The Morgan fingerprint density at radius 2 is 2.03 bits per heavy atom. The van der Waals surface area contributed by atoms with Gasteiger partial charge in [-0.15, -0.1) is 0 Å². The first-order valence-electron chi connectivity index (χ1n) is 9.07. The number of ether oxygens (including phenoxy) is 1. The molecule has 0 radical (unpaired) electrons. The first-order valence-corrected chi connectivity index (χ1v) is 9.07. The number of benzene rings is 1. The molecule has 0 aliphatic heterocycles. The highest BCUT2D eigenvalue weighted by Crippen LogP contribution is 2.30. The van der Waals surface area contributed by atoms with E-state index in [1.165, 1.54) is 17.1 Å². The summed E-state index contributed by atoms with van der Waals surface area (Å²) in [6, 6.07) is 12.1. The lowest BCUT2D eigenvalue weighted by Crippen LogP contribution is -2.33. The molecule has 8 nitrogen and oxygen atoms in total. The zero-order chi connectivity index (χ0) is 20.8. The van der Waals surface area contributed by atoms with E-state index in [1.807, 2.05) is 6.92 Å². The maximum absolute atomic E-state index is 12.3. The summed E-state index contributed by atoms with van der Waals surface area (Å²) in [6.07, 6.45) is 3.68. The summed E-state index contributed by atoms with van der Waals surface area (Å²) in [4.78, 5) is 16.5. The van der Waals surface area contributed by atoms with E-state index in [-0.39, 0.29) is 17.8 Å². The minimum absolute atomic E-state index is 0.0210. The van der Waals surface area contributed by atoms with Crippen molar-refractivity contribution in [1.29, 1.82) is 5.26 Å². The first-order chi connectivity index (χ1) is 14.0. The van der Waals surface area contributed by atoms with Gasteiger partial charge in [-0.05, 0) is 43.2 Å². The number of nitrogens with zero attached hydrogens (tertiary/aromatic N) is 4. The lowest BCUT2D eigenvalue weighted by molar-refractivity contribution is 0.0929. The molecule has 0 bridgehead atoms. The van der Waals surface area contributed by atoms with Crippen LogP contribution in [0.1, 0.15) is 29.3 Å². The summed E-state index contributed by atoms with van der Waals surface area (Å²) in [6.45, 7) is 2.48. The molecule has 2 heterocycles. The van der Waals surface area contributed by atoms with Crippen molar-refractivity contribution in [3.05, 3.63) is 59.9 Å². The first kappa shape index (κ1) is 20.0. The quantitative estimate of drug-likeness (QED) is 0.640. The van der Waals surface area contributed by atoms with Crippen molar-refractivity contribution in [2.45, 2.75) is 19.4 Å². The second-order valence-electron chi connectivity index (χ2n) is 6.54. The predicted octanol–water partition coefficient (Wildman–Crippen LogP) is 2.67. The highest BCUT2D eigenvalue weighted by atomic mass is 16.5. The van der Waals surface area contributed by atoms with Crippen molar-refractivity contribution in [2.75, 3.05) is 13.7 Å². The number of carbonyl (C=O) groups excluding carboxylic acids is 1. The molecule has 29 heavy (non-hydrogen) atoms. The topological polar surface area (TPSA) is 113 Å². The fourth-order valence-corrected chi connectivity index (χ4v) is 2.76. The number of rotatable bonds is 7. The number of methoxy groups -OCH3 is 1. The minimum Gasteiger partial charge on any atom is -0.493 e. The Kier molecular flexibility index (Phi) is 6.22. The predicted molar refractivity (Wildman–Crippen MR) is 107 cm³/mol. The molecule has 0 spiro atoms. The number of nitriles is 1. The van der Waals surface area contributed by atoms with Crippen LogP contribution in [0.2, 0.25) is 0 Å². The van der Waals surface area contributed by atoms with E-state index in [1.54, 1.807) is 43.5 Å². The molecule has 2 aromatic heterocycles. The molecule has 1 unspecified atom stereocenters. The van der Waals surface area contributed by atoms with Gasteiger partial charge in [0.1, 0.15) is 0 Å². The smallest absolute Gasteiger partial charge is 0.253 e. The molecule has 0 aliphatic carbocycles. The average Bonchev–Trinajstić information content (AvgIpc) is 3.13. The monoisotopic (exact) mass is 391 g/mol. The zero-order valence-corrected chi connectivity index (χ0v) is 16.2. The molecule has 1 atom stereocenters. The molecule has 0 saturated carbocycles. The third-order valence-electron chi connectivity index (χ3n) is 4.43. The number of aromatic nitrogens is 3. The highest BCUT2D eigenvalue weighted by molar-refractivity contribution is 5.94. The van der Waals surface area contributed by atoms with Crippen LogP contribution in [0.15, 0.2) is 48.8 Å². The van der Waals surface area contributed by atoms with E-state index in [0.717, 1.165) is 5.56 Å². The van der Waals surface area contributed by atoms with Gasteiger partial charge in [-0.1, -0.05) is 12.1 Å². The van der Waals surface area contributed by atoms with Gasteiger partial charge in [0.05, 0.1) is 29.0 Å². The van der Waals surface area contributed by atoms with Crippen LogP contribution in [-0.4, -0.2) is 45.5 Å². The summed E-state index contributed by atoms with van der Waals surface area (Å²) in [7, 11) is 1.62. The normalized spacial score (nSPS) is 11.6. The maximum atomic E-state index is 12.3. The maximum Gasteiger partial charge on any atom is 0.253 e. The average molecular weight is 391 g/mol. The SMILES string of the molecule is COCCC(C)NC(=O)c1ccc(-n2ncc(-c3ccc(C#N)cc3)c2O)nc1. The second kappa shape index (κ2) is 8.99. The zero-order valence-electron chi connectivity index (χ0n) is 16.2. The Bertz CT molecular complexity index is 1020. The van der Waals surface area contributed by atoms with Crippen LogP contribution in [-0.2, 0) is 4.74 Å². The van der Waals surface area contributed by atoms with E-state index in [2.05, 4.69) is 21.5 Å². The van der Waals surface area contributed by atoms with Gasteiger partial charge in [0, 0.05) is 26.0 Å². The highest BCUT2D eigenvalue weighted by Gasteiger charge is 2.15. The fourth-order valence-electron chi connectivity index (χ4n) is 2.76. The third kappa shape index (κ3) is 4.59. The van der Waals surface area contributed by atoms with E-state index in [9.17, 15) is 9.90 Å². The van der Waals surface area contributed by atoms with Crippen molar-refractivity contribution in [1.82, 2.24) is 20.1 Å². The van der Waals surface area contributed by atoms with Gasteiger partial charge in [0.15, 0.2) is 5.82 Å². The fraction of sp³-hybridized carbons (Fsp3) is 0.238. The second-order valence-corrected chi connectivity index (χ2v) is 6.54. The van der Waals surface area contributed by atoms with Crippen LogP contribution in [0.25, 0.3) is 16.9 Å². The number of nitrogens with one attached hydrogen (secondary N) is 1. The largest absolute Gasteiger partial charge is 0.493 e. The van der Waals surface area contributed by atoms with Crippen molar-refractivity contribution in [2.24, 2.45) is 0 Å². The van der Waals surface area contributed by atoms with Gasteiger partial charge in [-0.2, -0.15) is 15.0 Å². The summed E-state index contributed by atoms with van der Waals surface area (Å²) < 4.78 is 6.30. The summed E-state index contributed by atoms with van der Waals surface area (Å²) >= 11 is 0. The van der Waals surface area contributed by atoms with Gasteiger partial charge in [0.25, 0.3) is 5.91 Å². The molecule has 1 aromatic carbocycles. The number of carbonyl (C=O) groups is 1. The van der Waals surface area contributed by atoms with Crippen LogP contribution in [0.4, 0.5) is 0 Å². The molecule has 148 valence electrons. The number of hydrogen-bond acceptors (Lipinski definition) is 6. The molecule has 0 aliphatic rings. The van der Waals surface area contributed by atoms with Crippen LogP contribution in [0.5, 0.6) is 5.88 Å². The van der Waals surface area contributed by atoms with Gasteiger partial charge in [-0.25, -0.2) is 4.98 Å². The molecule has 2 N–H and O–H groups in total. The van der Waals surface area contributed by atoms with E-state index in [0.29, 0.717) is 35.5 Å². The van der Waals surface area contributed by atoms with E-state index in [4.69, 9.17) is 10.00 Å². The Morgan fingerprint density at radius 3 is 2.66 bits per heavy atom. The van der Waals surface area contributed by atoms with Gasteiger partial charge >= 0.3 is 0 Å². The van der Waals surface area contributed by atoms with Gasteiger partial charge < -0.3 is 15.2 Å². The van der Waals surface area contributed by atoms with Crippen molar-refractivity contribution < 1.29 is 14.6 Å². The number of pyridine rings is 1. The Morgan fingerprint density at radius 1 is 1.28 bits per heavy atom. The van der Waals surface area contributed by atoms with Gasteiger partial charge in [0.2, 0.25) is 5.88 Å². The molecular formula is C21H21N5O3. The van der Waals surface area contributed by atoms with E-state index < -0.39 is 0 Å². The Hall–Kier alpha value is -3.70. The number of hydrogen-bond donors (Lipinski definition) is 2. The summed E-state index contributed by atoms with van der Waals surface area (Å²) in [5, 5.41) is 26.5. The van der Waals surface area contributed by atoms with Crippen molar-refractivity contribution in [3.8, 4) is 28.9 Å². The van der Waals surface area contributed by atoms with E-state index >= 15 is 0 Å². The van der Waals surface area contributed by atoms with Gasteiger partial charge in [-0.3, -0.25) is 4.79 Å². The lowest BCUT2D eigenvalue weighted by Gasteiger charge is -2.13. The lowest BCUT2D eigenvalue weighted by atomic mass is 10.1. The minimum atomic E-state index is -0.226. The standard InChI is InChI=1S/C21H21N5O3/c1-14(9-10-29-2)25-20(27)17-7-8-19(23-12-17)26-21(28)18(13-24-26)16-5-3-15(11-22)4-6-16/h3-8,12-14,28H,9-10H2,1-2H3,(H,25,27). The summed E-state index contributed by atoms with van der Waals surface area (Å²) in [5.41, 5.74) is 2.20. The van der Waals surface area contributed by atoms with Crippen LogP contribution in [0, 0.1) is 11.3 Å². The Balaban J connectivity index is 1.75. The number of aromatic hydroxyl groups is 1. The summed E-state index contributed by atoms with van der Waals surface area (Å²) in [5.74, 6) is 0.0783. The molecule has 0 saturated heterocycles. The van der Waals surface area contributed by atoms with Crippen LogP contribution < -0.4 is 5.32 Å². The molecule has 3 rings (SSSR count). The van der Waals surface area contributed by atoms with Crippen LogP contribution in [0.3, 0.4) is 0 Å². The molecular weight excluding hydrogens is 370 g/mol.